The molecule has 0 spiro atoms. The molecule has 2 N–H and O–H groups in total. The van der Waals surface area contributed by atoms with Crippen molar-refractivity contribution in [1.29, 1.82) is 0 Å². The highest BCUT2D eigenvalue weighted by molar-refractivity contribution is 7.99. The normalized spacial score (nSPS) is 28.9. The van der Waals surface area contributed by atoms with Gasteiger partial charge in [0.15, 0.2) is 0 Å². The van der Waals surface area contributed by atoms with Gasteiger partial charge in [-0.05, 0) is 25.5 Å². The average molecular weight is 226 g/mol. The van der Waals surface area contributed by atoms with Crippen LogP contribution in [0.3, 0.4) is 0 Å². The van der Waals surface area contributed by atoms with Crippen molar-refractivity contribution in [2.24, 2.45) is 0 Å². The Morgan fingerprint density at radius 2 is 2.53 bits per heavy atom. The van der Waals surface area contributed by atoms with Crippen LogP contribution in [-0.4, -0.2) is 32.2 Å². The van der Waals surface area contributed by atoms with E-state index in [1.165, 1.54) is 18.6 Å². The molecule has 2 rings (SSSR count). The Labute approximate surface area is 94.6 Å². The van der Waals surface area contributed by atoms with Gasteiger partial charge >= 0.3 is 0 Å². The Kier molecular flexibility index (Phi) is 3.64. The number of nitrogens with one attached hydrogen (secondary N) is 2. The van der Waals surface area contributed by atoms with Crippen molar-refractivity contribution < 1.29 is 0 Å². The summed E-state index contributed by atoms with van der Waals surface area (Å²) in [6.45, 7) is 4.43. The largest absolute Gasteiger partial charge is 0.304 e. The maximum absolute atomic E-state index is 4.17. The molecule has 1 aliphatic rings. The van der Waals surface area contributed by atoms with Gasteiger partial charge < -0.3 is 5.32 Å². The minimum atomic E-state index is 0.263. The van der Waals surface area contributed by atoms with Crippen molar-refractivity contribution >= 4 is 11.8 Å². The lowest BCUT2D eigenvalue weighted by Crippen LogP contribution is -2.40. The number of aromatic nitrogens is 3. The number of rotatable bonds is 3. The van der Waals surface area contributed by atoms with Crippen LogP contribution in [0.15, 0.2) is 6.33 Å². The highest BCUT2D eigenvalue weighted by atomic mass is 32.2. The lowest BCUT2D eigenvalue weighted by atomic mass is 10.1. The Balaban J connectivity index is 1.90. The molecular formula is C10H18N4S. The Bertz CT molecular complexity index is 288. The van der Waals surface area contributed by atoms with Gasteiger partial charge in [0.1, 0.15) is 12.2 Å². The fourth-order valence-electron chi connectivity index (χ4n) is 1.97. The van der Waals surface area contributed by atoms with Crippen LogP contribution in [-0.2, 0) is 0 Å². The third kappa shape index (κ3) is 2.72. The van der Waals surface area contributed by atoms with Gasteiger partial charge in [-0.3, -0.25) is 5.10 Å². The third-order valence-corrected chi connectivity index (χ3v) is 4.29. The number of nitrogens with zero attached hydrogens (tertiary/aromatic N) is 2. The zero-order valence-corrected chi connectivity index (χ0v) is 10.0. The minimum absolute atomic E-state index is 0.263. The van der Waals surface area contributed by atoms with E-state index >= 15 is 0 Å². The van der Waals surface area contributed by atoms with Gasteiger partial charge in [-0.1, -0.05) is 6.92 Å². The summed E-state index contributed by atoms with van der Waals surface area (Å²) in [5.74, 6) is 2.23. The first kappa shape index (κ1) is 11.0. The molecule has 0 aromatic carbocycles. The van der Waals surface area contributed by atoms with Crippen molar-refractivity contribution in [2.75, 3.05) is 5.75 Å². The van der Waals surface area contributed by atoms with Crippen LogP contribution in [0.5, 0.6) is 0 Å². The molecule has 0 saturated carbocycles. The smallest absolute Gasteiger partial charge is 0.141 e. The zero-order chi connectivity index (χ0) is 10.7. The fourth-order valence-corrected chi connectivity index (χ4v) is 3.12. The van der Waals surface area contributed by atoms with E-state index in [2.05, 4.69) is 46.1 Å². The van der Waals surface area contributed by atoms with Crippen molar-refractivity contribution in [2.45, 2.75) is 44.0 Å². The maximum Gasteiger partial charge on any atom is 0.141 e. The quantitative estimate of drug-likeness (QED) is 0.824. The van der Waals surface area contributed by atoms with Crippen LogP contribution in [0.1, 0.15) is 38.6 Å². The van der Waals surface area contributed by atoms with E-state index in [1.54, 1.807) is 6.33 Å². The van der Waals surface area contributed by atoms with E-state index in [0.717, 1.165) is 5.82 Å². The lowest BCUT2D eigenvalue weighted by Gasteiger charge is -2.31. The highest BCUT2D eigenvalue weighted by Crippen LogP contribution is 2.26. The number of hydrogen-bond acceptors (Lipinski definition) is 4. The fraction of sp³-hybridized carbons (Fsp3) is 0.800. The molecule has 84 valence electrons. The molecule has 0 amide bonds. The molecule has 1 aromatic heterocycles. The second-order valence-corrected chi connectivity index (χ2v) is 5.57. The Morgan fingerprint density at radius 1 is 1.67 bits per heavy atom. The van der Waals surface area contributed by atoms with Gasteiger partial charge in [-0.2, -0.15) is 16.9 Å². The third-order valence-electron chi connectivity index (χ3n) is 2.91. The first-order valence-corrected chi connectivity index (χ1v) is 6.55. The van der Waals surface area contributed by atoms with E-state index in [4.69, 9.17) is 0 Å². The highest BCUT2D eigenvalue weighted by Gasteiger charge is 2.23. The summed E-state index contributed by atoms with van der Waals surface area (Å²) in [6, 6.07) is 0.863. The second-order valence-electron chi connectivity index (χ2n) is 4.08. The average Bonchev–Trinajstić information content (AvgIpc) is 2.74. The summed E-state index contributed by atoms with van der Waals surface area (Å²) in [4.78, 5) is 4.17. The molecule has 1 aliphatic heterocycles. The van der Waals surface area contributed by atoms with E-state index in [1.807, 2.05) is 0 Å². The molecule has 15 heavy (non-hydrogen) atoms. The molecule has 2 heterocycles. The first-order chi connectivity index (χ1) is 7.27. The molecule has 0 aliphatic carbocycles. The number of aromatic amines is 1. The van der Waals surface area contributed by atoms with E-state index in [0.29, 0.717) is 11.3 Å². The maximum atomic E-state index is 4.17. The van der Waals surface area contributed by atoms with Gasteiger partial charge in [0, 0.05) is 11.3 Å². The van der Waals surface area contributed by atoms with Gasteiger partial charge in [-0.25, -0.2) is 4.98 Å². The summed E-state index contributed by atoms with van der Waals surface area (Å²) in [5.41, 5.74) is 0. The van der Waals surface area contributed by atoms with Crippen molar-refractivity contribution in [1.82, 2.24) is 20.5 Å². The molecule has 1 fully saturated rings. The van der Waals surface area contributed by atoms with E-state index in [-0.39, 0.29) is 6.04 Å². The van der Waals surface area contributed by atoms with Crippen LogP contribution in [0.4, 0.5) is 0 Å². The van der Waals surface area contributed by atoms with Gasteiger partial charge in [0.25, 0.3) is 0 Å². The molecule has 5 heteroatoms. The number of thioether (sulfide) groups is 1. The molecule has 0 bridgehead atoms. The topological polar surface area (TPSA) is 53.6 Å². The summed E-state index contributed by atoms with van der Waals surface area (Å²) in [5, 5.41) is 11.1. The van der Waals surface area contributed by atoms with Crippen molar-refractivity contribution in [3.8, 4) is 0 Å². The first-order valence-electron chi connectivity index (χ1n) is 5.50. The molecule has 4 nitrogen and oxygen atoms in total. The summed E-state index contributed by atoms with van der Waals surface area (Å²) in [7, 11) is 0. The van der Waals surface area contributed by atoms with Crippen LogP contribution in [0.25, 0.3) is 0 Å². The Morgan fingerprint density at radius 3 is 3.20 bits per heavy atom. The lowest BCUT2D eigenvalue weighted by molar-refractivity contribution is 0.408. The summed E-state index contributed by atoms with van der Waals surface area (Å²) >= 11 is 2.06. The van der Waals surface area contributed by atoms with E-state index in [9.17, 15) is 0 Å². The molecule has 0 radical (unpaired) electrons. The van der Waals surface area contributed by atoms with Crippen LogP contribution >= 0.6 is 11.8 Å². The minimum Gasteiger partial charge on any atom is -0.304 e. The predicted molar refractivity (Wildman–Crippen MR) is 62.9 cm³/mol. The molecule has 3 atom stereocenters. The van der Waals surface area contributed by atoms with Gasteiger partial charge in [-0.15, -0.1) is 0 Å². The number of H-pyrrole nitrogens is 1. The SMILES string of the molecule is CC(NC1CCCSC1C)c1ncn[nH]1. The molecular weight excluding hydrogens is 208 g/mol. The second kappa shape index (κ2) is 4.99. The monoisotopic (exact) mass is 226 g/mol. The van der Waals surface area contributed by atoms with Crippen LogP contribution in [0.2, 0.25) is 0 Å². The van der Waals surface area contributed by atoms with E-state index < -0.39 is 0 Å². The van der Waals surface area contributed by atoms with Crippen LogP contribution in [0, 0.1) is 0 Å². The zero-order valence-electron chi connectivity index (χ0n) is 9.23. The van der Waals surface area contributed by atoms with Crippen molar-refractivity contribution in [3.05, 3.63) is 12.2 Å². The van der Waals surface area contributed by atoms with Gasteiger partial charge in [0.05, 0.1) is 6.04 Å². The van der Waals surface area contributed by atoms with Crippen molar-refractivity contribution in [3.63, 3.8) is 0 Å². The molecule has 3 unspecified atom stereocenters. The Hall–Kier alpha value is -0.550. The molecule has 1 aromatic rings. The standard InChI is InChI=1S/C10H18N4S/c1-7(10-11-6-12-14-10)13-9-4-3-5-15-8(9)2/h6-9,13H,3-5H2,1-2H3,(H,11,12,14). The number of hydrogen-bond donors (Lipinski definition) is 2. The van der Waals surface area contributed by atoms with Crippen LogP contribution < -0.4 is 5.32 Å². The summed E-state index contributed by atoms with van der Waals surface area (Å²) in [6.07, 6.45) is 4.15. The van der Waals surface area contributed by atoms with Gasteiger partial charge in [0.2, 0.25) is 0 Å². The molecule has 1 saturated heterocycles. The predicted octanol–water partition coefficient (Wildman–Crippen LogP) is 1.74. The summed E-state index contributed by atoms with van der Waals surface area (Å²) < 4.78 is 0.